The standard InChI is InChI=1S/C19H21FN6O/c1-12(2)27-18-7-17(23-19(21)24-18)25-10-14-8-22-26(16(14)11-25)9-13-3-5-15(20)6-4-13/h3-8,12H,9-11H2,1-2H3,(H2,21,23,24). The lowest BCUT2D eigenvalue weighted by atomic mass is 10.2. The summed E-state index contributed by atoms with van der Waals surface area (Å²) in [6, 6.07) is 8.28. The van der Waals surface area contributed by atoms with E-state index in [4.69, 9.17) is 10.5 Å². The van der Waals surface area contributed by atoms with Crippen LogP contribution in [0.25, 0.3) is 0 Å². The fourth-order valence-electron chi connectivity index (χ4n) is 3.16. The molecule has 0 fully saturated rings. The SMILES string of the molecule is CC(C)Oc1cc(N2Cc3cnn(Cc4ccc(F)cc4)c3C2)nc(N)n1. The van der Waals surface area contributed by atoms with Gasteiger partial charge in [0.05, 0.1) is 31.1 Å². The number of anilines is 2. The molecule has 0 atom stereocenters. The van der Waals surface area contributed by atoms with E-state index in [0.29, 0.717) is 25.5 Å². The molecule has 0 spiro atoms. The van der Waals surface area contributed by atoms with Gasteiger partial charge in [-0.2, -0.15) is 15.1 Å². The first kappa shape index (κ1) is 17.3. The van der Waals surface area contributed by atoms with Crippen molar-refractivity contribution in [2.24, 2.45) is 0 Å². The van der Waals surface area contributed by atoms with E-state index in [1.54, 1.807) is 18.2 Å². The molecule has 3 aromatic rings. The van der Waals surface area contributed by atoms with Gasteiger partial charge in [-0.3, -0.25) is 4.68 Å². The van der Waals surface area contributed by atoms with E-state index in [1.165, 1.54) is 12.1 Å². The molecule has 4 rings (SSSR count). The third kappa shape index (κ3) is 3.69. The topological polar surface area (TPSA) is 82.1 Å². The first-order chi connectivity index (χ1) is 13.0. The van der Waals surface area contributed by atoms with Crippen LogP contribution in [0.15, 0.2) is 36.5 Å². The number of fused-ring (bicyclic) bond motifs is 1. The van der Waals surface area contributed by atoms with Crippen molar-refractivity contribution in [3.8, 4) is 5.88 Å². The molecule has 7 nitrogen and oxygen atoms in total. The monoisotopic (exact) mass is 368 g/mol. The van der Waals surface area contributed by atoms with Crippen LogP contribution in [-0.2, 0) is 19.6 Å². The summed E-state index contributed by atoms with van der Waals surface area (Å²) in [7, 11) is 0. The Morgan fingerprint density at radius 1 is 1.19 bits per heavy atom. The smallest absolute Gasteiger partial charge is 0.225 e. The third-order valence-electron chi connectivity index (χ3n) is 4.37. The van der Waals surface area contributed by atoms with Crippen molar-refractivity contribution in [2.75, 3.05) is 10.6 Å². The molecular formula is C19H21FN6O. The Labute approximate surface area is 156 Å². The molecule has 2 aromatic heterocycles. The van der Waals surface area contributed by atoms with Crippen LogP contribution in [-0.4, -0.2) is 25.9 Å². The first-order valence-electron chi connectivity index (χ1n) is 8.82. The number of nitrogens with zero attached hydrogens (tertiary/aromatic N) is 5. The van der Waals surface area contributed by atoms with Crippen LogP contribution in [0.5, 0.6) is 5.88 Å². The number of halogens is 1. The van der Waals surface area contributed by atoms with Crippen LogP contribution >= 0.6 is 0 Å². The Kier molecular flexibility index (Phi) is 4.39. The van der Waals surface area contributed by atoms with Crippen LogP contribution in [0.4, 0.5) is 16.2 Å². The molecule has 1 aliphatic heterocycles. The second-order valence-corrected chi connectivity index (χ2v) is 6.85. The molecule has 0 radical (unpaired) electrons. The Balaban J connectivity index is 1.54. The van der Waals surface area contributed by atoms with E-state index in [-0.39, 0.29) is 17.9 Å². The Bertz CT molecular complexity index is 953. The third-order valence-corrected chi connectivity index (χ3v) is 4.37. The highest BCUT2D eigenvalue weighted by molar-refractivity contribution is 5.49. The van der Waals surface area contributed by atoms with Gasteiger partial charge in [-0.15, -0.1) is 0 Å². The highest BCUT2D eigenvalue weighted by Crippen LogP contribution is 2.29. The van der Waals surface area contributed by atoms with Crippen molar-refractivity contribution in [3.05, 3.63) is 59.2 Å². The van der Waals surface area contributed by atoms with Gasteiger partial charge in [0.15, 0.2) is 0 Å². The van der Waals surface area contributed by atoms with Crippen molar-refractivity contribution < 1.29 is 9.13 Å². The van der Waals surface area contributed by atoms with Crippen molar-refractivity contribution >= 4 is 11.8 Å². The lowest BCUT2D eigenvalue weighted by Crippen LogP contribution is -2.19. The predicted octanol–water partition coefficient (Wildman–Crippen LogP) is 2.75. The summed E-state index contributed by atoms with van der Waals surface area (Å²) in [5.74, 6) is 1.14. The molecule has 1 aliphatic rings. The van der Waals surface area contributed by atoms with Crippen molar-refractivity contribution in [3.63, 3.8) is 0 Å². The van der Waals surface area contributed by atoms with Crippen LogP contribution < -0.4 is 15.4 Å². The van der Waals surface area contributed by atoms with Gasteiger partial charge in [0.25, 0.3) is 0 Å². The molecule has 0 unspecified atom stereocenters. The van der Waals surface area contributed by atoms with Gasteiger partial charge in [-0.1, -0.05) is 12.1 Å². The molecule has 1 aromatic carbocycles. The summed E-state index contributed by atoms with van der Waals surface area (Å²) in [5.41, 5.74) is 9.10. The zero-order chi connectivity index (χ0) is 19.0. The molecule has 0 saturated carbocycles. The van der Waals surface area contributed by atoms with Gasteiger partial charge in [0, 0.05) is 18.2 Å². The van der Waals surface area contributed by atoms with Crippen molar-refractivity contribution in [2.45, 2.75) is 39.6 Å². The van der Waals surface area contributed by atoms with E-state index in [2.05, 4.69) is 20.0 Å². The highest BCUT2D eigenvalue weighted by Gasteiger charge is 2.25. The van der Waals surface area contributed by atoms with Crippen molar-refractivity contribution in [1.82, 2.24) is 19.7 Å². The number of benzene rings is 1. The minimum absolute atomic E-state index is 0.00666. The van der Waals surface area contributed by atoms with Crippen molar-refractivity contribution in [1.29, 1.82) is 0 Å². The molecule has 140 valence electrons. The summed E-state index contributed by atoms with van der Waals surface area (Å²) in [4.78, 5) is 10.6. The fourth-order valence-corrected chi connectivity index (χ4v) is 3.16. The average molecular weight is 368 g/mol. The van der Waals surface area contributed by atoms with Gasteiger partial charge in [-0.05, 0) is 31.5 Å². The lowest BCUT2D eigenvalue weighted by Gasteiger charge is -2.19. The summed E-state index contributed by atoms with van der Waals surface area (Å²) < 4.78 is 20.7. The molecular weight excluding hydrogens is 347 g/mol. The molecule has 3 heterocycles. The summed E-state index contributed by atoms with van der Waals surface area (Å²) in [6.45, 7) is 5.82. The van der Waals surface area contributed by atoms with E-state index in [1.807, 2.05) is 24.7 Å². The fraction of sp³-hybridized carbons (Fsp3) is 0.316. The van der Waals surface area contributed by atoms with Gasteiger partial charge < -0.3 is 15.4 Å². The normalized spacial score (nSPS) is 13.3. The number of hydrogen-bond donors (Lipinski definition) is 1. The van der Waals surface area contributed by atoms with Gasteiger partial charge in [0.2, 0.25) is 11.8 Å². The lowest BCUT2D eigenvalue weighted by molar-refractivity contribution is 0.232. The summed E-state index contributed by atoms with van der Waals surface area (Å²) in [5, 5.41) is 4.47. The number of nitrogen functional groups attached to an aromatic ring is 1. The highest BCUT2D eigenvalue weighted by atomic mass is 19.1. The Hall–Kier alpha value is -3.16. The number of nitrogens with two attached hydrogens (primary N) is 1. The number of rotatable bonds is 5. The summed E-state index contributed by atoms with van der Waals surface area (Å²) >= 11 is 0. The van der Waals surface area contributed by atoms with Crippen LogP contribution in [0.1, 0.15) is 30.7 Å². The second kappa shape index (κ2) is 6.86. The number of ether oxygens (including phenoxy) is 1. The zero-order valence-electron chi connectivity index (χ0n) is 15.3. The maximum atomic E-state index is 13.1. The minimum Gasteiger partial charge on any atom is -0.475 e. The van der Waals surface area contributed by atoms with E-state index >= 15 is 0 Å². The summed E-state index contributed by atoms with van der Waals surface area (Å²) in [6.07, 6.45) is 1.88. The molecule has 0 aliphatic carbocycles. The largest absolute Gasteiger partial charge is 0.475 e. The maximum absolute atomic E-state index is 13.1. The molecule has 0 amide bonds. The average Bonchev–Trinajstić information content (AvgIpc) is 3.18. The van der Waals surface area contributed by atoms with Gasteiger partial charge >= 0.3 is 0 Å². The minimum atomic E-state index is -0.239. The quantitative estimate of drug-likeness (QED) is 0.746. The number of aromatic nitrogens is 4. The molecule has 0 bridgehead atoms. The molecule has 8 heteroatoms. The van der Waals surface area contributed by atoms with E-state index in [9.17, 15) is 4.39 Å². The maximum Gasteiger partial charge on any atom is 0.225 e. The van der Waals surface area contributed by atoms with E-state index < -0.39 is 0 Å². The first-order valence-corrected chi connectivity index (χ1v) is 8.82. The Morgan fingerprint density at radius 2 is 1.96 bits per heavy atom. The van der Waals surface area contributed by atoms with Gasteiger partial charge in [-0.25, -0.2) is 4.39 Å². The molecule has 2 N–H and O–H groups in total. The van der Waals surface area contributed by atoms with E-state index in [0.717, 1.165) is 22.6 Å². The van der Waals surface area contributed by atoms with Crippen LogP contribution in [0.3, 0.4) is 0 Å². The van der Waals surface area contributed by atoms with Crippen LogP contribution in [0, 0.1) is 5.82 Å². The zero-order valence-corrected chi connectivity index (χ0v) is 15.3. The Morgan fingerprint density at radius 3 is 2.70 bits per heavy atom. The molecule has 0 saturated heterocycles. The molecule has 27 heavy (non-hydrogen) atoms. The second-order valence-electron chi connectivity index (χ2n) is 6.85. The predicted molar refractivity (Wildman–Crippen MR) is 99.8 cm³/mol. The number of hydrogen-bond acceptors (Lipinski definition) is 6. The van der Waals surface area contributed by atoms with Crippen LogP contribution in [0.2, 0.25) is 0 Å². The van der Waals surface area contributed by atoms with Gasteiger partial charge in [0.1, 0.15) is 11.6 Å².